The van der Waals surface area contributed by atoms with Crippen molar-refractivity contribution in [1.82, 2.24) is 4.90 Å². The predicted molar refractivity (Wildman–Crippen MR) is 105 cm³/mol. The van der Waals surface area contributed by atoms with Crippen LogP contribution in [0.4, 0.5) is 18.9 Å². The molecule has 0 saturated carbocycles. The normalized spacial score (nSPS) is 24.5. The number of nitriles is 1. The summed E-state index contributed by atoms with van der Waals surface area (Å²) in [5, 5.41) is 8.90. The average Bonchev–Trinajstić information content (AvgIpc) is 3.26. The van der Waals surface area contributed by atoms with E-state index in [1.165, 1.54) is 24.3 Å². The highest BCUT2D eigenvalue weighted by atomic mass is 19.1. The first-order valence-electron chi connectivity index (χ1n) is 10.3. The maximum Gasteiger partial charge on any atom is 0.257 e. The smallest absolute Gasteiger partial charge is 0.257 e. The number of carbonyl (C=O) groups excluding carboxylic acids is 1. The molecule has 2 atom stereocenters. The number of ether oxygens (including phenoxy) is 1. The van der Waals surface area contributed by atoms with Gasteiger partial charge in [0, 0.05) is 37.7 Å². The van der Waals surface area contributed by atoms with Gasteiger partial charge >= 0.3 is 0 Å². The Morgan fingerprint density at radius 2 is 1.74 bits per heavy atom. The molecule has 2 aromatic carbocycles. The van der Waals surface area contributed by atoms with E-state index in [0.29, 0.717) is 50.0 Å². The van der Waals surface area contributed by atoms with E-state index in [1.807, 2.05) is 11.0 Å². The van der Waals surface area contributed by atoms with Crippen molar-refractivity contribution in [2.45, 2.75) is 43.6 Å². The third kappa shape index (κ3) is 3.24. The summed E-state index contributed by atoms with van der Waals surface area (Å²) in [4.78, 5) is 17.0. The van der Waals surface area contributed by atoms with Gasteiger partial charge in [0.15, 0.2) is 5.60 Å². The van der Waals surface area contributed by atoms with Crippen LogP contribution in [0.25, 0.3) is 0 Å². The summed E-state index contributed by atoms with van der Waals surface area (Å²) in [5.74, 6) is -2.04. The zero-order valence-electron chi connectivity index (χ0n) is 16.7. The molecule has 31 heavy (non-hydrogen) atoms. The van der Waals surface area contributed by atoms with Crippen molar-refractivity contribution in [2.24, 2.45) is 0 Å². The van der Waals surface area contributed by atoms with Crippen LogP contribution in [0.5, 0.6) is 0 Å². The fourth-order valence-electron chi connectivity index (χ4n) is 5.06. The van der Waals surface area contributed by atoms with Gasteiger partial charge in [-0.3, -0.25) is 4.79 Å². The summed E-state index contributed by atoms with van der Waals surface area (Å²) < 4.78 is 47.7. The molecule has 0 bridgehead atoms. The lowest BCUT2D eigenvalue weighted by atomic mass is 9.89. The molecule has 3 saturated heterocycles. The topological polar surface area (TPSA) is 56.6 Å². The van der Waals surface area contributed by atoms with Gasteiger partial charge in [-0.15, -0.1) is 0 Å². The molecule has 0 radical (unpaired) electrons. The monoisotopic (exact) mass is 427 g/mol. The van der Waals surface area contributed by atoms with Crippen LogP contribution in [0.3, 0.4) is 0 Å². The molecule has 2 aromatic rings. The highest BCUT2D eigenvalue weighted by Crippen LogP contribution is 2.48. The van der Waals surface area contributed by atoms with Crippen LogP contribution in [0, 0.1) is 28.8 Å². The third-order valence-electron chi connectivity index (χ3n) is 6.60. The number of anilines is 1. The van der Waals surface area contributed by atoms with Gasteiger partial charge in [0.25, 0.3) is 5.91 Å². The minimum absolute atomic E-state index is 0.00742. The third-order valence-corrected chi connectivity index (χ3v) is 6.60. The first-order chi connectivity index (χ1) is 14.9. The Morgan fingerprint density at radius 3 is 2.39 bits per heavy atom. The molecule has 160 valence electrons. The SMILES string of the molecule is N#Cc1ccc(N2CCC3(CC2)OC2CCC(c4cc(F)cc(F)c4)N2C3=O)cc1F. The van der Waals surface area contributed by atoms with Crippen LogP contribution >= 0.6 is 0 Å². The maximum atomic E-state index is 14.0. The number of benzene rings is 2. The summed E-state index contributed by atoms with van der Waals surface area (Å²) in [6, 6.07) is 9.25. The highest BCUT2D eigenvalue weighted by molar-refractivity contribution is 5.88. The van der Waals surface area contributed by atoms with E-state index in [4.69, 9.17) is 10.00 Å². The Hall–Kier alpha value is -3.05. The van der Waals surface area contributed by atoms with Crippen molar-refractivity contribution >= 4 is 11.6 Å². The molecule has 3 aliphatic heterocycles. The van der Waals surface area contributed by atoms with Crippen molar-refractivity contribution in [3.63, 3.8) is 0 Å². The molecule has 3 heterocycles. The summed E-state index contributed by atoms with van der Waals surface area (Å²) >= 11 is 0. The van der Waals surface area contributed by atoms with E-state index in [1.54, 1.807) is 11.0 Å². The average molecular weight is 427 g/mol. The lowest BCUT2D eigenvalue weighted by Gasteiger charge is -2.38. The van der Waals surface area contributed by atoms with Crippen molar-refractivity contribution in [3.05, 3.63) is 65.0 Å². The number of fused-ring (bicyclic) bond motifs is 1. The predicted octanol–water partition coefficient (Wildman–Crippen LogP) is 4.03. The van der Waals surface area contributed by atoms with Gasteiger partial charge in [0.05, 0.1) is 11.6 Å². The molecule has 8 heteroatoms. The van der Waals surface area contributed by atoms with Crippen molar-refractivity contribution in [3.8, 4) is 6.07 Å². The van der Waals surface area contributed by atoms with Crippen molar-refractivity contribution in [1.29, 1.82) is 5.26 Å². The molecule has 0 N–H and O–H groups in total. The second-order valence-electron chi connectivity index (χ2n) is 8.34. The van der Waals surface area contributed by atoms with Gasteiger partial charge in [0.2, 0.25) is 0 Å². The van der Waals surface area contributed by atoms with E-state index in [-0.39, 0.29) is 11.5 Å². The molecule has 2 unspecified atom stereocenters. The highest BCUT2D eigenvalue weighted by Gasteiger charge is 2.58. The second kappa shape index (κ2) is 7.27. The Kier molecular flexibility index (Phi) is 4.67. The van der Waals surface area contributed by atoms with E-state index in [9.17, 15) is 18.0 Å². The number of carbonyl (C=O) groups is 1. The number of rotatable bonds is 2. The molecule has 1 spiro atoms. The molecular weight excluding hydrogens is 407 g/mol. The van der Waals surface area contributed by atoms with Gasteiger partial charge in [-0.1, -0.05) is 0 Å². The summed E-state index contributed by atoms with van der Waals surface area (Å²) in [6.07, 6.45) is 1.67. The minimum atomic E-state index is -0.961. The number of halogens is 3. The lowest BCUT2D eigenvalue weighted by Crippen LogP contribution is -2.50. The zero-order valence-corrected chi connectivity index (χ0v) is 16.7. The van der Waals surface area contributed by atoms with Crippen LogP contribution in [0.2, 0.25) is 0 Å². The fourth-order valence-corrected chi connectivity index (χ4v) is 5.06. The van der Waals surface area contributed by atoms with Crippen LogP contribution in [0.15, 0.2) is 36.4 Å². The number of hydrogen-bond acceptors (Lipinski definition) is 4. The molecule has 0 aromatic heterocycles. The first-order valence-corrected chi connectivity index (χ1v) is 10.3. The zero-order chi connectivity index (χ0) is 21.8. The van der Waals surface area contributed by atoms with Crippen LogP contribution in [-0.4, -0.2) is 35.7 Å². The van der Waals surface area contributed by atoms with Gasteiger partial charge in [0.1, 0.15) is 29.7 Å². The van der Waals surface area contributed by atoms with Crippen LogP contribution in [0.1, 0.15) is 42.9 Å². The van der Waals surface area contributed by atoms with Gasteiger partial charge in [-0.2, -0.15) is 5.26 Å². The number of nitrogens with zero attached hydrogens (tertiary/aromatic N) is 3. The van der Waals surface area contributed by atoms with E-state index in [2.05, 4.69) is 0 Å². The molecule has 1 amide bonds. The molecule has 3 fully saturated rings. The quantitative estimate of drug-likeness (QED) is 0.726. The Labute approximate surface area is 177 Å². The number of piperidine rings is 1. The standard InChI is InChI=1S/C23H20F3N3O2/c24-16-9-15(10-17(25)11-16)20-3-4-21-29(20)22(30)23(31-21)5-7-28(8-6-23)18-2-1-14(13-27)19(26)12-18/h1-2,9-12,20-21H,3-8H2. The maximum absolute atomic E-state index is 14.0. The molecule has 5 rings (SSSR count). The Bertz CT molecular complexity index is 1070. The molecule has 5 nitrogen and oxygen atoms in total. The van der Waals surface area contributed by atoms with E-state index in [0.717, 1.165) is 6.07 Å². The van der Waals surface area contributed by atoms with Gasteiger partial charge < -0.3 is 14.5 Å². The summed E-state index contributed by atoms with van der Waals surface area (Å²) in [5.41, 5.74) is 0.133. The van der Waals surface area contributed by atoms with E-state index < -0.39 is 35.3 Å². The molecule has 3 aliphatic rings. The van der Waals surface area contributed by atoms with E-state index >= 15 is 0 Å². The minimum Gasteiger partial charge on any atom is -0.371 e. The number of hydrogen-bond donors (Lipinski definition) is 0. The lowest BCUT2D eigenvalue weighted by molar-refractivity contribution is -0.140. The summed E-state index contributed by atoms with van der Waals surface area (Å²) in [7, 11) is 0. The summed E-state index contributed by atoms with van der Waals surface area (Å²) in [6.45, 7) is 0.994. The van der Waals surface area contributed by atoms with Gasteiger partial charge in [-0.25, -0.2) is 13.2 Å². The number of amides is 1. The molecule has 0 aliphatic carbocycles. The largest absolute Gasteiger partial charge is 0.371 e. The van der Waals surface area contributed by atoms with Crippen LogP contribution in [-0.2, 0) is 9.53 Å². The molecular formula is C23H20F3N3O2. The van der Waals surface area contributed by atoms with Crippen molar-refractivity contribution in [2.75, 3.05) is 18.0 Å². The van der Waals surface area contributed by atoms with Gasteiger partial charge in [-0.05, 0) is 48.7 Å². The Morgan fingerprint density at radius 1 is 1.03 bits per heavy atom. The fraction of sp³-hybridized carbons (Fsp3) is 0.391. The Balaban J connectivity index is 1.33. The second-order valence-corrected chi connectivity index (χ2v) is 8.34. The van der Waals surface area contributed by atoms with Crippen LogP contribution < -0.4 is 4.90 Å². The first kappa shape index (κ1) is 19.9. The van der Waals surface area contributed by atoms with Crippen molar-refractivity contribution < 1.29 is 22.7 Å².